The van der Waals surface area contributed by atoms with Gasteiger partial charge in [-0.05, 0) is 12.1 Å². The largest absolute Gasteiger partial charge is 0.496 e. The first-order valence-electron chi connectivity index (χ1n) is 6.47. The second kappa shape index (κ2) is 6.01. The molecule has 1 saturated heterocycles. The van der Waals surface area contributed by atoms with Crippen molar-refractivity contribution in [3.8, 4) is 5.75 Å². The molecule has 3 N–H and O–H groups in total. The fourth-order valence-corrected chi connectivity index (χ4v) is 2.39. The summed E-state index contributed by atoms with van der Waals surface area (Å²) in [5.74, 6) is -1.66. The van der Waals surface area contributed by atoms with E-state index in [-0.39, 0.29) is 19.1 Å². The van der Waals surface area contributed by atoms with Crippen LogP contribution in [0.2, 0.25) is 0 Å². The standard InChI is InChI=1S/C14H18N2O5/c1-16(11-7-21-6-10(11)14(18)19)13(17)9-4-3-8(15)5-12(9)20-2/h3-5,10-11H,6-7,15H2,1-2H3,(H,18,19). The molecule has 114 valence electrons. The number of rotatable bonds is 4. The molecule has 0 bridgehead atoms. The Morgan fingerprint density at radius 2 is 2.14 bits per heavy atom. The summed E-state index contributed by atoms with van der Waals surface area (Å²) in [6.45, 7) is 0.312. The number of carboxylic acids is 1. The zero-order valence-electron chi connectivity index (χ0n) is 11.9. The van der Waals surface area contributed by atoms with E-state index in [0.29, 0.717) is 17.0 Å². The van der Waals surface area contributed by atoms with E-state index in [9.17, 15) is 9.59 Å². The minimum Gasteiger partial charge on any atom is -0.496 e. The van der Waals surface area contributed by atoms with Crippen molar-refractivity contribution in [1.82, 2.24) is 4.90 Å². The summed E-state index contributed by atoms with van der Waals surface area (Å²) in [5.41, 5.74) is 6.48. The predicted molar refractivity (Wildman–Crippen MR) is 75.2 cm³/mol. The number of carbonyl (C=O) groups excluding carboxylic acids is 1. The minimum atomic E-state index is -0.971. The molecule has 1 aliphatic rings. The van der Waals surface area contributed by atoms with Gasteiger partial charge in [0.25, 0.3) is 5.91 Å². The van der Waals surface area contributed by atoms with Gasteiger partial charge in [0.2, 0.25) is 0 Å². The van der Waals surface area contributed by atoms with Crippen LogP contribution in [-0.2, 0) is 9.53 Å². The molecule has 1 fully saturated rings. The lowest BCUT2D eigenvalue weighted by molar-refractivity contribution is -0.142. The van der Waals surface area contributed by atoms with Gasteiger partial charge in [-0.15, -0.1) is 0 Å². The van der Waals surface area contributed by atoms with Crippen LogP contribution in [-0.4, -0.2) is 55.3 Å². The van der Waals surface area contributed by atoms with Gasteiger partial charge in [-0.3, -0.25) is 9.59 Å². The Bertz CT molecular complexity index is 560. The number of hydrogen-bond donors (Lipinski definition) is 2. The van der Waals surface area contributed by atoms with Crippen LogP contribution >= 0.6 is 0 Å². The Morgan fingerprint density at radius 3 is 2.76 bits per heavy atom. The lowest BCUT2D eigenvalue weighted by atomic mass is 10.0. The summed E-state index contributed by atoms with van der Waals surface area (Å²) in [6.07, 6.45) is 0. The van der Waals surface area contributed by atoms with E-state index in [1.165, 1.54) is 12.0 Å². The highest BCUT2D eigenvalue weighted by Crippen LogP contribution is 2.26. The molecule has 0 aromatic heterocycles. The summed E-state index contributed by atoms with van der Waals surface area (Å²) in [4.78, 5) is 25.1. The number of ether oxygens (including phenoxy) is 2. The third-order valence-corrected chi connectivity index (χ3v) is 3.64. The number of carboxylic acid groups (broad SMARTS) is 1. The van der Waals surface area contributed by atoms with Gasteiger partial charge in [-0.2, -0.15) is 0 Å². The average molecular weight is 294 g/mol. The Kier molecular flexibility index (Phi) is 4.32. The van der Waals surface area contributed by atoms with Gasteiger partial charge in [0.05, 0.1) is 31.9 Å². The van der Waals surface area contributed by atoms with Crippen molar-refractivity contribution in [3.05, 3.63) is 23.8 Å². The normalized spacial score (nSPS) is 21.0. The highest BCUT2D eigenvalue weighted by atomic mass is 16.5. The van der Waals surface area contributed by atoms with Crippen LogP contribution in [0.3, 0.4) is 0 Å². The van der Waals surface area contributed by atoms with Gasteiger partial charge >= 0.3 is 5.97 Å². The summed E-state index contributed by atoms with van der Waals surface area (Å²) in [6, 6.07) is 4.22. The first-order valence-corrected chi connectivity index (χ1v) is 6.47. The summed E-state index contributed by atoms with van der Waals surface area (Å²) >= 11 is 0. The average Bonchev–Trinajstić information content (AvgIpc) is 2.95. The van der Waals surface area contributed by atoms with Gasteiger partial charge in [-0.1, -0.05) is 0 Å². The van der Waals surface area contributed by atoms with Crippen LogP contribution in [0.5, 0.6) is 5.75 Å². The first kappa shape index (κ1) is 15.1. The maximum atomic E-state index is 12.5. The number of nitrogens with two attached hydrogens (primary N) is 1. The SMILES string of the molecule is COc1cc(N)ccc1C(=O)N(C)C1COCC1C(=O)O. The van der Waals surface area contributed by atoms with Crippen LogP contribution in [0.4, 0.5) is 5.69 Å². The van der Waals surface area contributed by atoms with Crippen molar-refractivity contribution in [2.24, 2.45) is 5.92 Å². The number of carbonyl (C=O) groups is 2. The molecule has 7 heteroatoms. The third kappa shape index (κ3) is 2.92. The lowest BCUT2D eigenvalue weighted by Gasteiger charge is -2.27. The van der Waals surface area contributed by atoms with E-state index in [1.54, 1.807) is 25.2 Å². The van der Waals surface area contributed by atoms with Gasteiger partial charge in [0.15, 0.2) is 0 Å². The number of aliphatic carboxylic acids is 1. The number of hydrogen-bond acceptors (Lipinski definition) is 5. The summed E-state index contributed by atoms with van der Waals surface area (Å²) < 4.78 is 10.3. The molecule has 0 radical (unpaired) electrons. The molecular formula is C14H18N2O5. The minimum absolute atomic E-state index is 0.108. The molecule has 2 rings (SSSR count). The molecule has 1 aromatic carbocycles. The van der Waals surface area contributed by atoms with Crippen LogP contribution in [0.25, 0.3) is 0 Å². The zero-order chi connectivity index (χ0) is 15.6. The fourth-order valence-electron chi connectivity index (χ4n) is 2.39. The Balaban J connectivity index is 2.25. The molecule has 0 aliphatic carbocycles. The first-order chi connectivity index (χ1) is 9.95. The van der Waals surface area contributed by atoms with Gasteiger partial charge < -0.3 is 25.2 Å². The molecule has 1 aliphatic heterocycles. The van der Waals surface area contributed by atoms with Crippen LogP contribution in [0.15, 0.2) is 18.2 Å². The summed E-state index contributed by atoms with van der Waals surface area (Å²) in [7, 11) is 3.01. The number of nitrogen functional groups attached to an aromatic ring is 1. The highest BCUT2D eigenvalue weighted by molar-refractivity contribution is 5.97. The van der Waals surface area contributed by atoms with Gasteiger partial charge in [-0.25, -0.2) is 0 Å². The highest BCUT2D eigenvalue weighted by Gasteiger charge is 2.39. The number of anilines is 1. The fraction of sp³-hybridized carbons (Fsp3) is 0.429. The van der Waals surface area contributed by atoms with E-state index >= 15 is 0 Å². The topological polar surface area (TPSA) is 102 Å². The van der Waals surface area contributed by atoms with Gasteiger partial charge in [0, 0.05) is 18.8 Å². The Morgan fingerprint density at radius 1 is 1.43 bits per heavy atom. The molecule has 0 spiro atoms. The van der Waals surface area contributed by atoms with E-state index in [4.69, 9.17) is 20.3 Å². The molecule has 1 heterocycles. The maximum Gasteiger partial charge on any atom is 0.311 e. The number of nitrogens with zero attached hydrogens (tertiary/aromatic N) is 1. The van der Waals surface area contributed by atoms with Crippen molar-refractivity contribution < 1.29 is 24.2 Å². The second-order valence-corrected chi connectivity index (χ2v) is 4.93. The quantitative estimate of drug-likeness (QED) is 0.782. The van der Waals surface area contributed by atoms with Crippen molar-refractivity contribution >= 4 is 17.6 Å². The lowest BCUT2D eigenvalue weighted by Crippen LogP contribution is -2.44. The third-order valence-electron chi connectivity index (χ3n) is 3.64. The molecule has 21 heavy (non-hydrogen) atoms. The molecule has 1 aromatic rings. The molecule has 2 unspecified atom stereocenters. The Hall–Kier alpha value is -2.28. The van der Waals surface area contributed by atoms with Crippen molar-refractivity contribution in [2.45, 2.75) is 6.04 Å². The number of methoxy groups -OCH3 is 1. The van der Waals surface area contributed by atoms with E-state index < -0.39 is 17.9 Å². The van der Waals surface area contributed by atoms with Gasteiger partial charge in [0.1, 0.15) is 11.7 Å². The van der Waals surface area contributed by atoms with Crippen LogP contribution in [0.1, 0.15) is 10.4 Å². The number of benzene rings is 1. The van der Waals surface area contributed by atoms with Crippen molar-refractivity contribution in [2.75, 3.05) is 33.1 Å². The molecule has 0 saturated carbocycles. The molecule has 7 nitrogen and oxygen atoms in total. The van der Waals surface area contributed by atoms with E-state index in [0.717, 1.165) is 0 Å². The number of likely N-dealkylation sites (N-methyl/N-ethyl adjacent to an activating group) is 1. The maximum absolute atomic E-state index is 12.5. The van der Waals surface area contributed by atoms with Crippen LogP contribution < -0.4 is 10.5 Å². The molecule has 2 atom stereocenters. The van der Waals surface area contributed by atoms with Crippen LogP contribution in [0, 0.1) is 5.92 Å². The smallest absolute Gasteiger partial charge is 0.311 e. The summed E-state index contributed by atoms with van der Waals surface area (Å²) in [5, 5.41) is 9.16. The molecular weight excluding hydrogens is 276 g/mol. The van der Waals surface area contributed by atoms with E-state index in [1.807, 2.05) is 0 Å². The zero-order valence-corrected chi connectivity index (χ0v) is 11.9. The predicted octanol–water partition coefficient (Wildman–Crippen LogP) is 0.449. The van der Waals surface area contributed by atoms with Crippen molar-refractivity contribution in [1.29, 1.82) is 0 Å². The monoisotopic (exact) mass is 294 g/mol. The Labute approximate surface area is 122 Å². The molecule has 1 amide bonds. The second-order valence-electron chi connectivity index (χ2n) is 4.93. The van der Waals surface area contributed by atoms with Crippen molar-refractivity contribution in [3.63, 3.8) is 0 Å². The number of amides is 1. The van der Waals surface area contributed by atoms with E-state index in [2.05, 4.69) is 0 Å².